The number of nitrogens with zero attached hydrogens (tertiary/aromatic N) is 2. The van der Waals surface area contributed by atoms with Gasteiger partial charge >= 0.3 is 12.1 Å². The van der Waals surface area contributed by atoms with Gasteiger partial charge < -0.3 is 20.9 Å². The monoisotopic (exact) mass is 412 g/mol. The summed E-state index contributed by atoms with van der Waals surface area (Å²) in [5, 5.41) is 11.7. The van der Waals surface area contributed by atoms with Gasteiger partial charge in [-0.1, -0.05) is 12.1 Å². The summed E-state index contributed by atoms with van der Waals surface area (Å²) < 4.78 is 37.8. The number of carboxylic acids is 1. The van der Waals surface area contributed by atoms with E-state index in [0.29, 0.717) is 18.4 Å². The van der Waals surface area contributed by atoms with Gasteiger partial charge in [0.15, 0.2) is 0 Å². The molecular formula is C19H23F3N4O3. The number of aromatic nitrogens is 2. The van der Waals surface area contributed by atoms with Crippen LogP contribution in [0.4, 0.5) is 19.0 Å². The van der Waals surface area contributed by atoms with Crippen LogP contribution < -0.4 is 11.1 Å². The first-order valence-electron chi connectivity index (χ1n) is 9.40. The zero-order chi connectivity index (χ0) is 21.1. The van der Waals surface area contributed by atoms with E-state index in [1.807, 2.05) is 24.3 Å². The molecule has 0 amide bonds. The van der Waals surface area contributed by atoms with E-state index in [9.17, 15) is 13.2 Å². The number of carbonyl (C=O) groups is 1. The van der Waals surface area contributed by atoms with Crippen LogP contribution in [-0.2, 0) is 16.1 Å². The lowest BCUT2D eigenvalue weighted by Gasteiger charge is -2.50. The zero-order valence-electron chi connectivity index (χ0n) is 15.7. The van der Waals surface area contributed by atoms with E-state index >= 15 is 0 Å². The predicted octanol–water partition coefficient (Wildman–Crippen LogP) is 3.04. The first kappa shape index (κ1) is 21.3. The number of rotatable bonds is 3. The van der Waals surface area contributed by atoms with Crippen molar-refractivity contribution in [2.45, 2.75) is 56.5 Å². The molecule has 4 rings (SSSR count). The molecule has 2 aromatic rings. The molecule has 0 bridgehead atoms. The summed E-state index contributed by atoms with van der Waals surface area (Å²) in [6, 6.07) is 8.28. The van der Waals surface area contributed by atoms with Gasteiger partial charge in [-0.3, -0.25) is 0 Å². The van der Waals surface area contributed by atoms with Crippen LogP contribution in [0.2, 0.25) is 0 Å². The Labute approximate surface area is 165 Å². The van der Waals surface area contributed by atoms with E-state index < -0.39 is 12.1 Å². The number of aliphatic carboxylic acids is 1. The summed E-state index contributed by atoms with van der Waals surface area (Å²) in [4.78, 5) is 18.0. The fourth-order valence-electron chi connectivity index (χ4n) is 3.68. The summed E-state index contributed by atoms with van der Waals surface area (Å²) in [7, 11) is 0. The smallest absolute Gasteiger partial charge is 0.475 e. The number of hydrogen-bond acceptors (Lipinski definition) is 6. The summed E-state index contributed by atoms with van der Waals surface area (Å²) >= 11 is 0. The molecule has 1 aromatic carbocycles. The van der Waals surface area contributed by atoms with Crippen LogP contribution >= 0.6 is 0 Å². The third-order valence-electron chi connectivity index (χ3n) is 5.29. The van der Waals surface area contributed by atoms with Crippen LogP contribution in [0.25, 0.3) is 10.9 Å². The molecule has 0 radical (unpaired) electrons. The molecule has 1 saturated heterocycles. The molecule has 1 aliphatic carbocycles. The van der Waals surface area contributed by atoms with Crippen molar-refractivity contribution in [3.8, 4) is 0 Å². The minimum atomic E-state index is -5.08. The Morgan fingerprint density at radius 2 is 1.97 bits per heavy atom. The molecule has 10 heteroatoms. The van der Waals surface area contributed by atoms with Crippen molar-refractivity contribution < 1.29 is 27.8 Å². The second-order valence-corrected chi connectivity index (χ2v) is 7.19. The van der Waals surface area contributed by atoms with Gasteiger partial charge in [0.2, 0.25) is 0 Å². The van der Waals surface area contributed by atoms with Gasteiger partial charge in [-0.2, -0.15) is 13.2 Å². The fraction of sp³-hybridized carbons (Fsp3) is 0.526. The lowest BCUT2D eigenvalue weighted by molar-refractivity contribution is -0.192. The number of benzene rings is 1. The van der Waals surface area contributed by atoms with E-state index in [1.165, 1.54) is 25.7 Å². The Hall–Kier alpha value is -2.46. The quantitative estimate of drug-likeness (QED) is 0.711. The topological polar surface area (TPSA) is 110 Å². The molecule has 2 fully saturated rings. The van der Waals surface area contributed by atoms with Gasteiger partial charge in [0.1, 0.15) is 11.6 Å². The van der Waals surface area contributed by atoms with Gasteiger partial charge in [0, 0.05) is 18.0 Å². The second kappa shape index (κ2) is 8.50. The number of para-hydroxylation sites is 1. The molecule has 29 heavy (non-hydrogen) atoms. The van der Waals surface area contributed by atoms with Gasteiger partial charge in [-0.15, -0.1) is 0 Å². The maximum absolute atomic E-state index is 10.6. The minimum Gasteiger partial charge on any atom is -0.475 e. The number of halogens is 3. The zero-order valence-corrected chi connectivity index (χ0v) is 15.7. The number of nitrogens with two attached hydrogens (primary N) is 1. The average molecular weight is 412 g/mol. The standard InChI is InChI=1S/C17H22N4O.C2HF3O2/c18-16-12-5-1-2-6-13(12)20-15(21-16)11-19-14-7-3-10-22-17(14)8-4-9-17;3-2(4,5)1(6)7/h1-2,5-6,14,19H,3-4,7-11H2,(H2,18,20,21);(H,6,7). The number of anilines is 1. The van der Waals surface area contributed by atoms with Crippen LogP contribution in [0.15, 0.2) is 24.3 Å². The number of nitrogen functional groups attached to an aromatic ring is 1. The number of nitrogens with one attached hydrogen (secondary N) is 1. The lowest BCUT2D eigenvalue weighted by Crippen LogP contribution is -2.59. The highest BCUT2D eigenvalue weighted by molar-refractivity contribution is 5.87. The summed E-state index contributed by atoms with van der Waals surface area (Å²) in [5.74, 6) is -1.44. The normalized spacial score (nSPS) is 20.6. The Morgan fingerprint density at radius 3 is 2.59 bits per heavy atom. The molecule has 1 aliphatic heterocycles. The van der Waals surface area contributed by atoms with Crippen molar-refractivity contribution >= 4 is 22.7 Å². The molecule has 1 saturated carbocycles. The molecule has 1 aromatic heterocycles. The first-order chi connectivity index (χ1) is 13.7. The van der Waals surface area contributed by atoms with E-state index in [0.717, 1.165) is 29.8 Å². The minimum absolute atomic E-state index is 0.0701. The Kier molecular flexibility index (Phi) is 6.23. The van der Waals surface area contributed by atoms with E-state index in [-0.39, 0.29) is 5.60 Å². The Morgan fingerprint density at radius 1 is 1.28 bits per heavy atom. The van der Waals surface area contributed by atoms with Gasteiger partial charge in [0.25, 0.3) is 0 Å². The van der Waals surface area contributed by atoms with Crippen LogP contribution in [0.1, 0.15) is 37.9 Å². The molecule has 1 unspecified atom stereocenters. The highest BCUT2D eigenvalue weighted by Gasteiger charge is 2.46. The van der Waals surface area contributed by atoms with E-state index in [2.05, 4.69) is 15.3 Å². The molecule has 1 spiro atoms. The van der Waals surface area contributed by atoms with E-state index in [1.54, 1.807) is 0 Å². The number of fused-ring (bicyclic) bond motifs is 1. The van der Waals surface area contributed by atoms with Crippen LogP contribution in [-0.4, -0.2) is 45.5 Å². The van der Waals surface area contributed by atoms with Crippen LogP contribution in [0.5, 0.6) is 0 Å². The third-order valence-corrected chi connectivity index (χ3v) is 5.29. The van der Waals surface area contributed by atoms with Crippen LogP contribution in [0, 0.1) is 0 Å². The second-order valence-electron chi connectivity index (χ2n) is 7.19. The molecule has 2 heterocycles. The van der Waals surface area contributed by atoms with Crippen molar-refractivity contribution in [3.63, 3.8) is 0 Å². The van der Waals surface area contributed by atoms with Gasteiger partial charge in [0.05, 0.1) is 17.7 Å². The number of ether oxygens (including phenoxy) is 1. The van der Waals surface area contributed by atoms with Crippen molar-refractivity contribution in [1.29, 1.82) is 0 Å². The first-order valence-corrected chi connectivity index (χ1v) is 9.40. The maximum Gasteiger partial charge on any atom is 0.490 e. The SMILES string of the molecule is Nc1nc(CNC2CCCOC23CCC3)nc2ccccc12.O=C(O)C(F)(F)F. The number of carboxylic acid groups (broad SMARTS) is 1. The van der Waals surface area contributed by atoms with Crippen molar-refractivity contribution in [1.82, 2.24) is 15.3 Å². The third kappa shape index (κ3) is 4.94. The van der Waals surface area contributed by atoms with Crippen molar-refractivity contribution in [2.24, 2.45) is 0 Å². The molecule has 2 aliphatic rings. The summed E-state index contributed by atoms with van der Waals surface area (Å²) in [5.41, 5.74) is 7.03. The predicted molar refractivity (Wildman–Crippen MR) is 100 cm³/mol. The fourth-order valence-corrected chi connectivity index (χ4v) is 3.68. The molecule has 158 valence electrons. The summed E-state index contributed by atoms with van der Waals surface area (Å²) in [6.45, 7) is 1.54. The van der Waals surface area contributed by atoms with E-state index in [4.69, 9.17) is 20.4 Å². The number of hydrogen-bond donors (Lipinski definition) is 3. The summed E-state index contributed by atoms with van der Waals surface area (Å²) in [6.07, 6.45) is 0.831. The Bertz CT molecular complexity index is 871. The highest BCUT2D eigenvalue weighted by atomic mass is 19.4. The Balaban J connectivity index is 0.000000298. The maximum atomic E-state index is 10.6. The van der Waals surface area contributed by atoms with Crippen molar-refractivity contribution in [2.75, 3.05) is 12.3 Å². The average Bonchev–Trinajstić information content (AvgIpc) is 2.65. The largest absolute Gasteiger partial charge is 0.490 e. The lowest BCUT2D eigenvalue weighted by atomic mass is 9.72. The highest BCUT2D eigenvalue weighted by Crippen LogP contribution is 2.42. The number of alkyl halides is 3. The molecule has 4 N–H and O–H groups in total. The molecule has 7 nitrogen and oxygen atoms in total. The molecule has 1 atom stereocenters. The van der Waals surface area contributed by atoms with Gasteiger partial charge in [-0.25, -0.2) is 14.8 Å². The van der Waals surface area contributed by atoms with Crippen molar-refractivity contribution in [3.05, 3.63) is 30.1 Å². The van der Waals surface area contributed by atoms with Crippen LogP contribution in [0.3, 0.4) is 0 Å². The van der Waals surface area contributed by atoms with Gasteiger partial charge in [-0.05, 0) is 44.2 Å². The molecular weight excluding hydrogens is 389 g/mol.